The van der Waals surface area contributed by atoms with Gasteiger partial charge in [-0.1, -0.05) is 53.4 Å². The van der Waals surface area contributed by atoms with E-state index in [1.807, 2.05) is 37.3 Å². The molecule has 1 aromatic heterocycles. The summed E-state index contributed by atoms with van der Waals surface area (Å²) in [6.45, 7) is 2.04. The predicted octanol–water partition coefficient (Wildman–Crippen LogP) is 5.40. The monoisotopic (exact) mass is 348 g/mol. The van der Waals surface area contributed by atoms with Crippen molar-refractivity contribution in [3.63, 3.8) is 0 Å². The molecule has 22 heavy (non-hydrogen) atoms. The fourth-order valence-corrected chi connectivity index (χ4v) is 4.33. The van der Waals surface area contributed by atoms with E-state index in [1.54, 1.807) is 28.6 Å². The van der Waals surface area contributed by atoms with Crippen molar-refractivity contribution < 1.29 is 4.39 Å². The Morgan fingerprint density at radius 3 is 2.82 bits per heavy atom. The molecule has 0 saturated heterocycles. The third kappa shape index (κ3) is 3.45. The molecule has 0 amide bonds. The largest absolute Gasteiger partial charge is 0.211 e. The average Bonchev–Trinajstić information content (AvgIpc) is 2.87. The lowest BCUT2D eigenvalue weighted by molar-refractivity contribution is 0.626. The summed E-state index contributed by atoms with van der Waals surface area (Å²) in [6.07, 6.45) is 0. The number of rotatable bonds is 4. The zero-order valence-corrected chi connectivity index (χ0v) is 14.3. The highest BCUT2D eigenvalue weighted by Crippen LogP contribution is 2.27. The zero-order chi connectivity index (χ0) is 15.5. The van der Waals surface area contributed by atoms with E-state index < -0.39 is 0 Å². The van der Waals surface area contributed by atoms with Crippen LogP contribution in [0.25, 0.3) is 5.69 Å². The van der Waals surface area contributed by atoms with Gasteiger partial charge in [0.25, 0.3) is 0 Å². The summed E-state index contributed by atoms with van der Waals surface area (Å²) in [5, 5.41) is 4.58. The summed E-state index contributed by atoms with van der Waals surface area (Å²) in [5.41, 5.74) is 3.07. The van der Waals surface area contributed by atoms with E-state index in [1.165, 1.54) is 17.4 Å². The molecule has 1 heterocycles. The molecule has 112 valence electrons. The molecule has 0 aliphatic heterocycles. The fourth-order valence-electron chi connectivity index (χ4n) is 2.04. The van der Waals surface area contributed by atoms with Crippen LogP contribution >= 0.6 is 35.3 Å². The third-order valence-corrected chi connectivity index (χ3v) is 5.56. The van der Waals surface area contributed by atoms with Gasteiger partial charge >= 0.3 is 0 Å². The van der Waals surface area contributed by atoms with Crippen LogP contribution in [0.5, 0.6) is 0 Å². The van der Waals surface area contributed by atoms with Gasteiger partial charge in [0.05, 0.1) is 5.69 Å². The number of aromatic nitrogens is 2. The van der Waals surface area contributed by atoms with E-state index in [2.05, 4.69) is 5.10 Å². The first-order valence-corrected chi connectivity index (χ1v) is 8.88. The summed E-state index contributed by atoms with van der Waals surface area (Å²) in [5.74, 6) is 0.463. The second kappa shape index (κ2) is 6.73. The highest BCUT2D eigenvalue weighted by Gasteiger charge is 2.08. The standard InChI is InChI=1S/C16H13FN2S3/c1-11-5-2-3-8-14(11)19-16(20)22-15(18-19)21-10-12-6-4-7-13(17)9-12/h2-9H,10H2,1H3. The molecule has 2 aromatic carbocycles. The van der Waals surface area contributed by atoms with Gasteiger partial charge in [-0.05, 0) is 48.5 Å². The molecule has 0 N–H and O–H groups in total. The number of hydrogen-bond donors (Lipinski definition) is 0. The minimum Gasteiger partial charge on any atom is -0.211 e. The molecule has 0 radical (unpaired) electrons. The van der Waals surface area contributed by atoms with Crippen LogP contribution in [-0.4, -0.2) is 9.78 Å². The molecular formula is C16H13FN2S3. The predicted molar refractivity (Wildman–Crippen MR) is 93.0 cm³/mol. The van der Waals surface area contributed by atoms with Crippen LogP contribution in [0.3, 0.4) is 0 Å². The molecule has 0 atom stereocenters. The Hall–Kier alpha value is -1.50. The molecule has 6 heteroatoms. The first kappa shape index (κ1) is 15.4. The van der Waals surface area contributed by atoms with Gasteiger partial charge in [-0.25, -0.2) is 9.07 Å². The maximum absolute atomic E-state index is 13.2. The van der Waals surface area contributed by atoms with Crippen LogP contribution in [0.2, 0.25) is 0 Å². The normalized spacial score (nSPS) is 10.8. The molecule has 3 aromatic rings. The molecule has 0 aliphatic carbocycles. The lowest BCUT2D eigenvalue weighted by Crippen LogP contribution is -1.98. The molecule has 2 nitrogen and oxygen atoms in total. The van der Waals surface area contributed by atoms with Crippen LogP contribution in [0.15, 0.2) is 52.9 Å². The number of halogens is 1. The zero-order valence-electron chi connectivity index (χ0n) is 11.8. The molecule has 0 aliphatic rings. The van der Waals surface area contributed by atoms with E-state index in [0.717, 1.165) is 25.1 Å². The summed E-state index contributed by atoms with van der Waals surface area (Å²) in [6, 6.07) is 14.6. The topological polar surface area (TPSA) is 17.8 Å². The maximum atomic E-state index is 13.2. The summed E-state index contributed by atoms with van der Waals surface area (Å²) in [4.78, 5) is 0. The van der Waals surface area contributed by atoms with E-state index in [4.69, 9.17) is 12.2 Å². The van der Waals surface area contributed by atoms with Crippen molar-refractivity contribution in [1.29, 1.82) is 0 Å². The van der Waals surface area contributed by atoms with Gasteiger partial charge in [-0.15, -0.1) is 5.10 Å². The molecule has 0 saturated carbocycles. The number of benzene rings is 2. The first-order chi connectivity index (χ1) is 10.6. The van der Waals surface area contributed by atoms with Gasteiger partial charge in [0.15, 0.2) is 8.29 Å². The SMILES string of the molecule is Cc1ccccc1-n1nc(SCc2cccc(F)c2)sc1=S. The van der Waals surface area contributed by atoms with Gasteiger partial charge in [-0.3, -0.25) is 0 Å². The van der Waals surface area contributed by atoms with Gasteiger partial charge in [0.2, 0.25) is 0 Å². The van der Waals surface area contributed by atoms with Crippen LogP contribution in [-0.2, 0) is 5.75 Å². The second-order valence-electron chi connectivity index (χ2n) is 4.75. The Bertz CT molecular complexity index is 854. The smallest absolute Gasteiger partial charge is 0.184 e. The Kier molecular flexibility index (Phi) is 4.71. The van der Waals surface area contributed by atoms with E-state index in [0.29, 0.717) is 5.75 Å². The summed E-state index contributed by atoms with van der Waals surface area (Å²) >= 11 is 8.46. The van der Waals surface area contributed by atoms with E-state index in [-0.39, 0.29) is 5.82 Å². The number of nitrogens with zero attached hydrogens (tertiary/aromatic N) is 2. The van der Waals surface area contributed by atoms with Gasteiger partial charge < -0.3 is 0 Å². The van der Waals surface area contributed by atoms with Crippen LogP contribution in [0, 0.1) is 16.7 Å². The second-order valence-corrected chi connectivity index (χ2v) is 7.60. The van der Waals surface area contributed by atoms with Crippen LogP contribution in [0.1, 0.15) is 11.1 Å². The number of hydrogen-bond acceptors (Lipinski definition) is 4. The lowest BCUT2D eigenvalue weighted by Gasteiger charge is -2.04. The summed E-state index contributed by atoms with van der Waals surface area (Å²) in [7, 11) is 0. The molecule has 3 rings (SSSR count). The molecular weight excluding hydrogens is 335 g/mol. The molecule has 0 spiro atoms. The minimum absolute atomic E-state index is 0.212. The highest BCUT2D eigenvalue weighted by atomic mass is 32.2. The van der Waals surface area contributed by atoms with Crippen molar-refractivity contribution in [3.8, 4) is 5.69 Å². The first-order valence-electron chi connectivity index (χ1n) is 6.67. The number of thioether (sulfide) groups is 1. The quantitative estimate of drug-likeness (QED) is 0.464. The van der Waals surface area contributed by atoms with Crippen molar-refractivity contribution in [2.24, 2.45) is 0 Å². The minimum atomic E-state index is -0.212. The highest BCUT2D eigenvalue weighted by molar-refractivity contribution is 8.00. The van der Waals surface area contributed by atoms with Crippen molar-refractivity contribution >= 4 is 35.3 Å². The Morgan fingerprint density at radius 2 is 2.05 bits per heavy atom. The van der Waals surface area contributed by atoms with Gasteiger partial charge in [-0.2, -0.15) is 0 Å². The third-order valence-electron chi connectivity index (χ3n) is 3.12. The van der Waals surface area contributed by atoms with E-state index >= 15 is 0 Å². The van der Waals surface area contributed by atoms with Crippen molar-refractivity contribution in [3.05, 3.63) is 69.4 Å². The number of aryl methyl sites for hydroxylation is 1. The van der Waals surface area contributed by atoms with Crippen LogP contribution in [0.4, 0.5) is 4.39 Å². The van der Waals surface area contributed by atoms with E-state index in [9.17, 15) is 4.39 Å². The van der Waals surface area contributed by atoms with Gasteiger partial charge in [0.1, 0.15) is 5.82 Å². The van der Waals surface area contributed by atoms with Crippen LogP contribution < -0.4 is 0 Å². The summed E-state index contributed by atoms with van der Waals surface area (Å²) < 4.78 is 16.6. The average molecular weight is 348 g/mol. The number of para-hydroxylation sites is 1. The molecule has 0 unspecified atom stereocenters. The van der Waals surface area contributed by atoms with Gasteiger partial charge in [0, 0.05) is 5.75 Å². The Morgan fingerprint density at radius 1 is 1.23 bits per heavy atom. The van der Waals surface area contributed by atoms with Crippen molar-refractivity contribution in [1.82, 2.24) is 9.78 Å². The molecule has 0 bridgehead atoms. The maximum Gasteiger partial charge on any atom is 0.184 e. The van der Waals surface area contributed by atoms with Crippen molar-refractivity contribution in [2.45, 2.75) is 17.0 Å². The Labute approximate surface area is 141 Å². The molecule has 0 fully saturated rings. The lowest BCUT2D eigenvalue weighted by atomic mass is 10.2. The Balaban J connectivity index is 1.81. The fraction of sp³-hybridized carbons (Fsp3) is 0.125. The van der Waals surface area contributed by atoms with Crippen molar-refractivity contribution in [2.75, 3.05) is 0 Å².